The summed E-state index contributed by atoms with van der Waals surface area (Å²) in [5.41, 5.74) is 20.4. The Hall–Kier alpha value is -7.16. The van der Waals surface area contributed by atoms with E-state index in [-0.39, 0.29) is 10.8 Å². The van der Waals surface area contributed by atoms with Crippen molar-refractivity contribution in [2.24, 2.45) is 0 Å². The van der Waals surface area contributed by atoms with Gasteiger partial charge in [-0.1, -0.05) is 173 Å². The highest BCUT2D eigenvalue weighted by Gasteiger charge is 2.40. The first-order valence-corrected chi connectivity index (χ1v) is 21.1. The molecule has 2 aliphatic rings. The van der Waals surface area contributed by atoms with E-state index in [0.717, 1.165) is 39.2 Å². The van der Waals surface area contributed by atoms with Gasteiger partial charge in [-0.3, -0.25) is 0 Å². The lowest BCUT2D eigenvalue weighted by molar-refractivity contribution is 0.659. The fraction of sp³-hybridized carbons (Fsp3) is 0.103. The summed E-state index contributed by atoms with van der Waals surface area (Å²) >= 11 is 0. The molecule has 0 bridgehead atoms. The average Bonchev–Trinajstić information content (AvgIpc) is 3.88. The van der Waals surface area contributed by atoms with E-state index in [0.29, 0.717) is 0 Å². The summed E-state index contributed by atoms with van der Waals surface area (Å²) in [4.78, 5) is 2.41. The van der Waals surface area contributed by atoms with Crippen molar-refractivity contribution >= 4 is 49.8 Å². The molecule has 0 unspecified atom stereocenters. The molecule has 2 heteroatoms. The Balaban J connectivity index is 1.03. The van der Waals surface area contributed by atoms with Gasteiger partial charge in [-0.25, -0.2) is 0 Å². The van der Waals surface area contributed by atoms with Crippen LogP contribution in [0, 0.1) is 0 Å². The number of benzene rings is 9. The lowest BCUT2D eigenvalue weighted by atomic mass is 9.79. The van der Waals surface area contributed by atoms with Crippen LogP contribution < -0.4 is 4.90 Å². The minimum atomic E-state index is -0.204. The normalized spacial score (nSPS) is 14.3. The Bertz CT molecular complexity index is 3350. The average molecular weight is 770 g/mol. The summed E-state index contributed by atoms with van der Waals surface area (Å²) in [7, 11) is 0. The van der Waals surface area contributed by atoms with E-state index in [1.165, 1.54) is 77.4 Å². The standard InChI is InChI=1S/C58H43NO/c1-57(2)48-22-12-10-17-43(48)44-34-33-41(35-50(44)57)59(39-29-25-37(26-30-39)36-15-6-5-7-16-36)40-31-27-38(28-32-40)42-21-14-24-51-53(42)54-55-52(45-18-8-9-19-46(45)56(54)60-51)47-20-11-13-23-49(47)58(55,3)4/h5-35H,1-4H3. The molecule has 1 heterocycles. The van der Waals surface area contributed by atoms with Crippen LogP contribution in [0.5, 0.6) is 0 Å². The summed E-state index contributed by atoms with van der Waals surface area (Å²) in [6.07, 6.45) is 0. The van der Waals surface area contributed by atoms with Crippen molar-refractivity contribution in [2.75, 3.05) is 4.90 Å². The predicted molar refractivity (Wildman–Crippen MR) is 252 cm³/mol. The molecule has 0 atom stereocenters. The fourth-order valence-corrected chi connectivity index (χ4v) is 10.8. The monoisotopic (exact) mass is 769 g/mol. The first kappa shape index (κ1) is 34.8. The van der Waals surface area contributed by atoms with Crippen molar-refractivity contribution in [3.8, 4) is 44.5 Å². The lowest BCUT2D eigenvalue weighted by Gasteiger charge is -2.28. The number of hydrogen-bond acceptors (Lipinski definition) is 2. The topological polar surface area (TPSA) is 16.4 Å². The molecule has 2 aliphatic carbocycles. The largest absolute Gasteiger partial charge is 0.455 e. The van der Waals surface area contributed by atoms with Gasteiger partial charge in [-0.2, -0.15) is 0 Å². The van der Waals surface area contributed by atoms with Crippen molar-refractivity contribution in [2.45, 2.75) is 38.5 Å². The maximum absolute atomic E-state index is 6.93. The lowest BCUT2D eigenvalue weighted by Crippen LogP contribution is -2.16. The van der Waals surface area contributed by atoms with E-state index >= 15 is 0 Å². The highest BCUT2D eigenvalue weighted by molar-refractivity contribution is 6.25. The van der Waals surface area contributed by atoms with Crippen LogP contribution >= 0.6 is 0 Å². The summed E-state index contributed by atoms with van der Waals surface area (Å²) in [5.74, 6) is 0. The molecule has 9 aromatic carbocycles. The predicted octanol–water partition coefficient (Wildman–Crippen LogP) is 16.2. The van der Waals surface area contributed by atoms with Crippen LogP contribution in [-0.2, 0) is 10.8 Å². The van der Waals surface area contributed by atoms with Gasteiger partial charge < -0.3 is 9.32 Å². The highest BCUT2D eigenvalue weighted by Crippen LogP contribution is 2.57. The van der Waals surface area contributed by atoms with Gasteiger partial charge in [0.1, 0.15) is 11.2 Å². The molecule has 0 saturated carbocycles. The third-order valence-electron chi connectivity index (χ3n) is 13.6. The Labute approximate surface area is 351 Å². The molecule has 0 amide bonds. The quantitative estimate of drug-likeness (QED) is 0.173. The molecule has 10 aromatic rings. The van der Waals surface area contributed by atoms with Crippen LogP contribution in [0.4, 0.5) is 17.1 Å². The number of nitrogens with zero attached hydrogens (tertiary/aromatic N) is 1. The van der Waals surface area contributed by atoms with Crippen molar-refractivity contribution < 1.29 is 4.42 Å². The Kier molecular flexibility index (Phi) is 7.36. The van der Waals surface area contributed by atoms with Crippen molar-refractivity contribution in [3.63, 3.8) is 0 Å². The maximum Gasteiger partial charge on any atom is 0.143 e. The Morgan fingerprint density at radius 3 is 1.67 bits per heavy atom. The first-order valence-electron chi connectivity index (χ1n) is 21.1. The van der Waals surface area contributed by atoms with Gasteiger partial charge in [-0.15, -0.1) is 0 Å². The zero-order valence-corrected chi connectivity index (χ0v) is 34.3. The Morgan fingerprint density at radius 1 is 0.383 bits per heavy atom. The van der Waals surface area contributed by atoms with Crippen molar-refractivity contribution in [1.82, 2.24) is 0 Å². The van der Waals surface area contributed by atoms with E-state index < -0.39 is 0 Å². The molecule has 1 aromatic heterocycles. The van der Waals surface area contributed by atoms with Crippen LogP contribution in [0.25, 0.3) is 77.2 Å². The second-order valence-electron chi connectivity index (χ2n) is 17.6. The second kappa shape index (κ2) is 12.7. The maximum atomic E-state index is 6.93. The van der Waals surface area contributed by atoms with Gasteiger partial charge in [0.2, 0.25) is 0 Å². The molecule has 0 spiro atoms. The molecule has 12 rings (SSSR count). The number of furan rings is 1. The zero-order chi connectivity index (χ0) is 40.3. The van der Waals surface area contributed by atoms with E-state index in [2.05, 4.69) is 221 Å². The number of rotatable bonds is 5. The zero-order valence-electron chi connectivity index (χ0n) is 34.3. The van der Waals surface area contributed by atoms with Gasteiger partial charge in [0, 0.05) is 44.1 Å². The van der Waals surface area contributed by atoms with Crippen LogP contribution in [0.2, 0.25) is 0 Å². The summed E-state index contributed by atoms with van der Waals surface area (Å²) < 4.78 is 6.93. The minimum Gasteiger partial charge on any atom is -0.455 e. The summed E-state index contributed by atoms with van der Waals surface area (Å²) in [6.45, 7) is 9.46. The molecular weight excluding hydrogens is 727 g/mol. The summed E-state index contributed by atoms with van der Waals surface area (Å²) in [5, 5.41) is 4.81. The number of hydrogen-bond donors (Lipinski definition) is 0. The fourth-order valence-electron chi connectivity index (χ4n) is 10.8. The van der Waals surface area contributed by atoms with Gasteiger partial charge >= 0.3 is 0 Å². The summed E-state index contributed by atoms with van der Waals surface area (Å²) in [6, 6.07) is 68.9. The van der Waals surface area contributed by atoms with E-state index in [4.69, 9.17) is 4.42 Å². The van der Waals surface area contributed by atoms with Crippen LogP contribution in [0.15, 0.2) is 192 Å². The van der Waals surface area contributed by atoms with Crippen LogP contribution in [0.1, 0.15) is 49.9 Å². The highest BCUT2D eigenvalue weighted by atomic mass is 16.3. The second-order valence-corrected chi connectivity index (χ2v) is 17.6. The molecule has 0 fully saturated rings. The van der Waals surface area contributed by atoms with Crippen molar-refractivity contribution in [1.29, 1.82) is 0 Å². The molecular formula is C58H43NO. The van der Waals surface area contributed by atoms with Gasteiger partial charge in [-0.05, 0) is 115 Å². The SMILES string of the molecule is CC1(C)c2ccccc2-c2ccc(N(c3ccc(-c4ccccc4)cc3)c3ccc(-c4cccc5oc6c7ccccc7c7c(c6c45)C(C)(C)c4ccccc4-7)cc3)cc21. The van der Waals surface area contributed by atoms with Crippen LogP contribution in [0.3, 0.4) is 0 Å². The number of anilines is 3. The molecule has 60 heavy (non-hydrogen) atoms. The minimum absolute atomic E-state index is 0.109. The van der Waals surface area contributed by atoms with Gasteiger partial charge in [0.25, 0.3) is 0 Å². The number of fused-ring (bicyclic) bond motifs is 13. The molecule has 2 nitrogen and oxygen atoms in total. The van der Waals surface area contributed by atoms with E-state index in [1.54, 1.807) is 0 Å². The van der Waals surface area contributed by atoms with E-state index in [1.807, 2.05) is 0 Å². The van der Waals surface area contributed by atoms with Crippen molar-refractivity contribution in [3.05, 3.63) is 210 Å². The van der Waals surface area contributed by atoms with Gasteiger partial charge in [0.05, 0.1) is 0 Å². The molecule has 0 N–H and O–H groups in total. The smallest absolute Gasteiger partial charge is 0.143 e. The Morgan fingerprint density at radius 2 is 0.933 bits per heavy atom. The molecule has 0 saturated heterocycles. The molecule has 0 aliphatic heterocycles. The van der Waals surface area contributed by atoms with E-state index in [9.17, 15) is 0 Å². The molecule has 0 radical (unpaired) electrons. The third-order valence-corrected chi connectivity index (χ3v) is 13.6. The van der Waals surface area contributed by atoms with Crippen LogP contribution in [-0.4, -0.2) is 0 Å². The molecule has 286 valence electrons. The third kappa shape index (κ3) is 4.88. The first-order chi connectivity index (χ1) is 29.3. The van der Waals surface area contributed by atoms with Gasteiger partial charge in [0.15, 0.2) is 0 Å².